The van der Waals surface area contributed by atoms with Crippen molar-refractivity contribution in [2.45, 2.75) is 25.8 Å². The van der Waals surface area contributed by atoms with Gasteiger partial charge in [0.15, 0.2) is 0 Å². The summed E-state index contributed by atoms with van der Waals surface area (Å²) in [6, 6.07) is 2.42. The SMILES string of the molecule is CC(=O)[C@@H](N)C[C@H](Cc1ccc(OCCF)cn1)C(=O)O. The van der Waals surface area contributed by atoms with Crippen LogP contribution in [-0.4, -0.2) is 41.2 Å². The molecule has 0 aliphatic rings. The van der Waals surface area contributed by atoms with Crippen LogP contribution in [0.1, 0.15) is 19.0 Å². The second kappa shape index (κ2) is 8.31. The lowest BCUT2D eigenvalue weighted by Crippen LogP contribution is -2.34. The number of aliphatic carboxylic acids is 1. The van der Waals surface area contributed by atoms with Crippen LogP contribution in [0.4, 0.5) is 4.39 Å². The molecule has 0 fully saturated rings. The van der Waals surface area contributed by atoms with Crippen LogP contribution >= 0.6 is 0 Å². The van der Waals surface area contributed by atoms with Crippen molar-refractivity contribution in [3.05, 3.63) is 24.0 Å². The highest BCUT2D eigenvalue weighted by molar-refractivity contribution is 5.82. The number of nitrogens with two attached hydrogens (primary N) is 1. The van der Waals surface area contributed by atoms with E-state index in [9.17, 15) is 19.1 Å². The van der Waals surface area contributed by atoms with E-state index >= 15 is 0 Å². The molecule has 116 valence electrons. The third-order valence-corrected chi connectivity index (χ3v) is 3.01. The largest absolute Gasteiger partial charge is 0.489 e. The van der Waals surface area contributed by atoms with Gasteiger partial charge in [-0.05, 0) is 25.5 Å². The number of alkyl halides is 1. The van der Waals surface area contributed by atoms with Crippen molar-refractivity contribution in [3.63, 3.8) is 0 Å². The zero-order valence-corrected chi connectivity index (χ0v) is 11.8. The molecule has 1 aromatic heterocycles. The zero-order valence-electron chi connectivity index (χ0n) is 11.8. The molecule has 21 heavy (non-hydrogen) atoms. The van der Waals surface area contributed by atoms with Crippen LogP contribution in [0, 0.1) is 5.92 Å². The summed E-state index contributed by atoms with van der Waals surface area (Å²) in [6.45, 7) is 0.691. The lowest BCUT2D eigenvalue weighted by Gasteiger charge is -2.15. The molecule has 1 aromatic rings. The minimum Gasteiger partial charge on any atom is -0.489 e. The van der Waals surface area contributed by atoms with Gasteiger partial charge in [-0.25, -0.2) is 4.39 Å². The number of aromatic nitrogens is 1. The van der Waals surface area contributed by atoms with Crippen molar-refractivity contribution in [1.29, 1.82) is 0 Å². The van der Waals surface area contributed by atoms with Gasteiger partial charge in [-0.1, -0.05) is 0 Å². The van der Waals surface area contributed by atoms with Gasteiger partial charge in [-0.15, -0.1) is 0 Å². The third kappa shape index (κ3) is 5.86. The summed E-state index contributed by atoms with van der Waals surface area (Å²) < 4.78 is 17.0. The summed E-state index contributed by atoms with van der Waals surface area (Å²) in [6.07, 6.45) is 1.64. The predicted octanol–water partition coefficient (Wildman–Crippen LogP) is 0.980. The normalized spacial score (nSPS) is 13.5. The van der Waals surface area contributed by atoms with Crippen molar-refractivity contribution in [3.8, 4) is 5.75 Å². The highest BCUT2D eigenvalue weighted by atomic mass is 19.1. The van der Waals surface area contributed by atoms with Crippen molar-refractivity contribution >= 4 is 11.8 Å². The van der Waals surface area contributed by atoms with Crippen LogP contribution in [-0.2, 0) is 16.0 Å². The number of carboxylic acid groups (broad SMARTS) is 1. The number of pyridine rings is 1. The maximum absolute atomic E-state index is 12.0. The van der Waals surface area contributed by atoms with Crippen LogP contribution in [0.15, 0.2) is 18.3 Å². The number of carboxylic acids is 1. The first kappa shape index (κ1) is 17.0. The Morgan fingerprint density at radius 1 is 1.48 bits per heavy atom. The van der Waals surface area contributed by atoms with Gasteiger partial charge >= 0.3 is 5.97 Å². The number of hydrogen-bond donors (Lipinski definition) is 2. The highest BCUT2D eigenvalue weighted by Gasteiger charge is 2.23. The Morgan fingerprint density at radius 3 is 2.67 bits per heavy atom. The molecule has 0 saturated carbocycles. The van der Waals surface area contributed by atoms with E-state index in [0.29, 0.717) is 11.4 Å². The third-order valence-electron chi connectivity index (χ3n) is 3.01. The molecule has 0 unspecified atom stereocenters. The number of carbonyl (C=O) groups excluding carboxylic acids is 1. The topological polar surface area (TPSA) is 103 Å². The van der Waals surface area contributed by atoms with Gasteiger partial charge in [-0.3, -0.25) is 14.6 Å². The summed E-state index contributed by atoms with van der Waals surface area (Å²) in [5.74, 6) is -1.63. The predicted molar refractivity (Wildman–Crippen MR) is 73.8 cm³/mol. The maximum Gasteiger partial charge on any atom is 0.306 e. The van der Waals surface area contributed by atoms with Gasteiger partial charge in [0.1, 0.15) is 24.8 Å². The Hall–Kier alpha value is -2.02. The number of ether oxygens (including phenoxy) is 1. The van der Waals surface area contributed by atoms with E-state index in [4.69, 9.17) is 10.5 Å². The molecule has 0 radical (unpaired) electrons. The summed E-state index contributed by atoms with van der Waals surface area (Å²) in [4.78, 5) is 26.4. The van der Waals surface area contributed by atoms with E-state index < -0.39 is 24.6 Å². The second-order valence-corrected chi connectivity index (χ2v) is 4.71. The Bertz CT molecular complexity index is 478. The minimum absolute atomic E-state index is 0.0494. The lowest BCUT2D eigenvalue weighted by molar-refractivity contribution is -0.142. The average Bonchev–Trinajstić information content (AvgIpc) is 2.45. The highest BCUT2D eigenvalue weighted by Crippen LogP contribution is 2.16. The van der Waals surface area contributed by atoms with Crippen LogP contribution in [0.3, 0.4) is 0 Å². The number of hydrogen-bond acceptors (Lipinski definition) is 5. The lowest BCUT2D eigenvalue weighted by atomic mass is 9.93. The molecule has 0 bridgehead atoms. The second-order valence-electron chi connectivity index (χ2n) is 4.71. The molecule has 1 heterocycles. The summed E-state index contributed by atoms with van der Waals surface area (Å²) in [7, 11) is 0. The van der Waals surface area contributed by atoms with E-state index in [2.05, 4.69) is 4.98 Å². The first-order valence-electron chi connectivity index (χ1n) is 6.56. The van der Waals surface area contributed by atoms with Crippen molar-refractivity contribution in [1.82, 2.24) is 4.98 Å². The molecule has 0 aliphatic heterocycles. The molecule has 0 aliphatic carbocycles. The van der Waals surface area contributed by atoms with E-state index in [1.165, 1.54) is 13.1 Å². The average molecular weight is 298 g/mol. The first-order chi connectivity index (χ1) is 9.93. The number of ketones is 1. The van der Waals surface area contributed by atoms with Gasteiger partial charge in [-0.2, -0.15) is 0 Å². The Balaban J connectivity index is 2.66. The molecule has 6 nitrogen and oxygen atoms in total. The van der Waals surface area contributed by atoms with Gasteiger partial charge in [0.2, 0.25) is 0 Å². The molecule has 7 heteroatoms. The Labute approximate surface area is 122 Å². The van der Waals surface area contributed by atoms with Gasteiger partial charge in [0, 0.05) is 12.1 Å². The minimum atomic E-state index is -1.02. The fourth-order valence-electron chi connectivity index (χ4n) is 1.77. The molecule has 3 N–H and O–H groups in total. The van der Waals surface area contributed by atoms with Gasteiger partial charge in [0.25, 0.3) is 0 Å². The van der Waals surface area contributed by atoms with Crippen LogP contribution in [0.5, 0.6) is 5.75 Å². The molecule has 0 saturated heterocycles. The summed E-state index contributed by atoms with van der Waals surface area (Å²) in [5.41, 5.74) is 6.15. The number of carbonyl (C=O) groups is 2. The number of rotatable bonds is 9. The summed E-state index contributed by atoms with van der Waals surface area (Å²) >= 11 is 0. The van der Waals surface area contributed by atoms with Crippen molar-refractivity contribution in [2.75, 3.05) is 13.3 Å². The Morgan fingerprint density at radius 2 is 2.19 bits per heavy atom. The van der Waals surface area contributed by atoms with Crippen LogP contribution in [0.2, 0.25) is 0 Å². The summed E-state index contributed by atoms with van der Waals surface area (Å²) in [5, 5.41) is 9.17. The standard InChI is InChI=1S/C14H19FN2O4/c1-9(18)13(16)7-10(14(19)20)6-11-2-3-12(8-17-11)21-5-4-15/h2-3,8,10,13H,4-7,16H2,1H3,(H,19,20)/t10-,13-/m0/s1. The number of nitrogens with zero attached hydrogens (tertiary/aromatic N) is 1. The molecule has 0 aromatic carbocycles. The van der Waals surface area contributed by atoms with E-state index in [0.717, 1.165) is 0 Å². The fraction of sp³-hybridized carbons (Fsp3) is 0.500. The van der Waals surface area contributed by atoms with Gasteiger partial charge < -0.3 is 15.6 Å². The van der Waals surface area contributed by atoms with Crippen LogP contribution in [0.25, 0.3) is 0 Å². The van der Waals surface area contributed by atoms with Gasteiger partial charge in [0.05, 0.1) is 18.2 Å². The van der Waals surface area contributed by atoms with Crippen molar-refractivity contribution in [2.24, 2.45) is 11.7 Å². The smallest absolute Gasteiger partial charge is 0.306 e. The first-order valence-corrected chi connectivity index (χ1v) is 6.56. The van der Waals surface area contributed by atoms with Crippen LogP contribution < -0.4 is 10.5 Å². The monoisotopic (exact) mass is 298 g/mol. The molecule has 1 rings (SSSR count). The van der Waals surface area contributed by atoms with E-state index in [-0.39, 0.29) is 25.2 Å². The molecular weight excluding hydrogens is 279 g/mol. The fourth-order valence-corrected chi connectivity index (χ4v) is 1.77. The quantitative estimate of drug-likeness (QED) is 0.704. The van der Waals surface area contributed by atoms with Crippen molar-refractivity contribution < 1.29 is 23.8 Å². The number of halogens is 1. The van der Waals surface area contributed by atoms with E-state index in [1.807, 2.05) is 0 Å². The maximum atomic E-state index is 12.0. The van der Waals surface area contributed by atoms with E-state index in [1.54, 1.807) is 12.1 Å². The molecule has 0 spiro atoms. The molecule has 2 atom stereocenters. The number of Topliss-reactive ketones (excluding diaryl/α,β-unsaturated/α-hetero) is 1. The molecule has 0 amide bonds. The Kier molecular flexibility index (Phi) is 6.74. The zero-order chi connectivity index (χ0) is 15.8. The molecular formula is C14H19FN2O4.